The Labute approximate surface area is 132 Å². The van der Waals surface area contributed by atoms with Crippen molar-refractivity contribution >= 4 is 5.97 Å². The van der Waals surface area contributed by atoms with Gasteiger partial charge in [-0.15, -0.1) is 0 Å². The first kappa shape index (κ1) is 14.8. The Morgan fingerprint density at radius 2 is 2.00 bits per heavy atom. The van der Waals surface area contributed by atoms with Gasteiger partial charge >= 0.3 is 5.97 Å². The third-order valence-corrected chi connectivity index (χ3v) is 3.22. The van der Waals surface area contributed by atoms with E-state index in [4.69, 9.17) is 14.4 Å². The molecular weight excluding hydrogens is 296 g/mol. The molecule has 1 heterocycles. The minimum absolute atomic E-state index is 0.229. The number of hydrogen-bond acceptors (Lipinski definition) is 5. The smallest absolute Gasteiger partial charge is 0.335 e. The zero-order chi connectivity index (χ0) is 16.2. The summed E-state index contributed by atoms with van der Waals surface area (Å²) in [5.74, 6) is 0.700. The first-order valence-electron chi connectivity index (χ1n) is 6.97. The number of carbonyl (C=O) groups is 1. The molecule has 0 saturated carbocycles. The zero-order valence-corrected chi connectivity index (χ0v) is 12.4. The van der Waals surface area contributed by atoms with Gasteiger partial charge in [-0.1, -0.05) is 23.4 Å². The maximum atomic E-state index is 10.8. The van der Waals surface area contributed by atoms with E-state index in [0.717, 1.165) is 11.1 Å². The SMILES string of the molecule is Cc1nc(-c2cccc(COc3ccc(C(=O)O)cc3)c2)no1. The molecule has 0 aliphatic rings. The fraction of sp³-hybridized carbons (Fsp3) is 0.118. The summed E-state index contributed by atoms with van der Waals surface area (Å²) < 4.78 is 10.6. The maximum absolute atomic E-state index is 10.8. The summed E-state index contributed by atoms with van der Waals surface area (Å²) in [6, 6.07) is 13.9. The number of rotatable bonds is 5. The lowest BCUT2D eigenvalue weighted by molar-refractivity contribution is 0.0697. The summed E-state index contributed by atoms with van der Waals surface area (Å²) in [7, 11) is 0. The van der Waals surface area contributed by atoms with Gasteiger partial charge < -0.3 is 14.4 Å². The van der Waals surface area contributed by atoms with Crippen LogP contribution in [0.25, 0.3) is 11.4 Å². The van der Waals surface area contributed by atoms with E-state index in [1.165, 1.54) is 12.1 Å². The molecule has 0 radical (unpaired) electrons. The normalized spacial score (nSPS) is 10.5. The number of carboxylic acids is 1. The number of carboxylic acid groups (broad SMARTS) is 1. The van der Waals surface area contributed by atoms with Crippen molar-refractivity contribution in [3.05, 3.63) is 65.5 Å². The Hall–Kier alpha value is -3.15. The monoisotopic (exact) mass is 310 g/mol. The van der Waals surface area contributed by atoms with E-state index in [1.807, 2.05) is 24.3 Å². The molecular formula is C17H14N2O4. The first-order chi connectivity index (χ1) is 11.1. The predicted molar refractivity (Wildman–Crippen MR) is 82.2 cm³/mol. The Balaban J connectivity index is 1.69. The lowest BCUT2D eigenvalue weighted by Crippen LogP contribution is -1.98. The van der Waals surface area contributed by atoms with Crippen molar-refractivity contribution in [2.75, 3.05) is 0 Å². The standard InChI is InChI=1S/C17H14N2O4/c1-11-18-16(19-23-11)14-4-2-3-12(9-14)10-22-15-7-5-13(6-8-15)17(20)21/h2-9H,10H2,1H3,(H,20,21). The topological polar surface area (TPSA) is 85.5 Å². The molecule has 1 aromatic heterocycles. The van der Waals surface area contributed by atoms with E-state index in [9.17, 15) is 4.79 Å². The second-order valence-corrected chi connectivity index (χ2v) is 4.96. The van der Waals surface area contributed by atoms with Gasteiger partial charge in [-0.3, -0.25) is 0 Å². The number of benzene rings is 2. The van der Waals surface area contributed by atoms with Crippen molar-refractivity contribution in [3.8, 4) is 17.1 Å². The van der Waals surface area contributed by atoms with Crippen LogP contribution in [0.15, 0.2) is 53.1 Å². The Morgan fingerprint density at radius 3 is 2.65 bits per heavy atom. The minimum Gasteiger partial charge on any atom is -0.489 e. The van der Waals surface area contributed by atoms with E-state index in [0.29, 0.717) is 24.1 Å². The largest absolute Gasteiger partial charge is 0.489 e. The van der Waals surface area contributed by atoms with E-state index in [1.54, 1.807) is 19.1 Å². The number of aryl methyl sites for hydroxylation is 1. The Kier molecular flexibility index (Phi) is 4.05. The van der Waals surface area contributed by atoms with Crippen LogP contribution in [0.4, 0.5) is 0 Å². The lowest BCUT2D eigenvalue weighted by atomic mass is 10.1. The number of nitrogens with zero attached hydrogens (tertiary/aromatic N) is 2. The van der Waals surface area contributed by atoms with Gasteiger partial charge in [0.2, 0.25) is 11.7 Å². The van der Waals surface area contributed by atoms with Gasteiger partial charge in [0.15, 0.2) is 0 Å². The van der Waals surface area contributed by atoms with Crippen LogP contribution in [0.1, 0.15) is 21.8 Å². The van der Waals surface area contributed by atoms with Crippen molar-refractivity contribution in [1.29, 1.82) is 0 Å². The molecule has 0 bridgehead atoms. The van der Waals surface area contributed by atoms with Gasteiger partial charge in [0.05, 0.1) is 5.56 Å². The van der Waals surface area contributed by atoms with Crippen LogP contribution in [-0.4, -0.2) is 21.2 Å². The molecule has 0 atom stereocenters. The molecule has 1 N–H and O–H groups in total. The molecule has 3 aromatic rings. The number of aromatic carboxylic acids is 1. The van der Waals surface area contributed by atoms with Crippen molar-refractivity contribution in [3.63, 3.8) is 0 Å². The Morgan fingerprint density at radius 1 is 1.22 bits per heavy atom. The molecule has 3 rings (SSSR count). The summed E-state index contributed by atoms with van der Waals surface area (Å²) in [4.78, 5) is 15.0. The second-order valence-electron chi connectivity index (χ2n) is 4.96. The van der Waals surface area contributed by atoms with Crippen molar-refractivity contribution in [2.45, 2.75) is 13.5 Å². The molecule has 0 aliphatic carbocycles. The number of aromatic nitrogens is 2. The van der Waals surface area contributed by atoms with Crippen molar-refractivity contribution in [2.24, 2.45) is 0 Å². The molecule has 0 unspecified atom stereocenters. The lowest BCUT2D eigenvalue weighted by Gasteiger charge is -2.07. The van der Waals surface area contributed by atoms with E-state index in [-0.39, 0.29) is 5.56 Å². The highest BCUT2D eigenvalue weighted by atomic mass is 16.5. The molecule has 0 saturated heterocycles. The van der Waals surface area contributed by atoms with Crippen LogP contribution in [0.2, 0.25) is 0 Å². The molecule has 0 aliphatic heterocycles. The predicted octanol–water partition coefficient (Wildman–Crippen LogP) is 3.32. The Bertz CT molecular complexity index is 825. The summed E-state index contributed by atoms with van der Waals surface area (Å²) in [5.41, 5.74) is 2.03. The summed E-state index contributed by atoms with van der Waals surface area (Å²) in [5, 5.41) is 12.8. The van der Waals surface area contributed by atoms with Crippen LogP contribution in [0.5, 0.6) is 5.75 Å². The third kappa shape index (κ3) is 3.55. The quantitative estimate of drug-likeness (QED) is 0.778. The summed E-state index contributed by atoms with van der Waals surface area (Å²) in [6.07, 6.45) is 0. The minimum atomic E-state index is -0.959. The molecule has 2 aromatic carbocycles. The van der Waals surface area contributed by atoms with Crippen molar-refractivity contribution in [1.82, 2.24) is 10.1 Å². The summed E-state index contributed by atoms with van der Waals surface area (Å²) >= 11 is 0. The van der Waals surface area contributed by atoms with Gasteiger partial charge in [0.1, 0.15) is 12.4 Å². The van der Waals surface area contributed by atoms with Gasteiger partial charge in [0, 0.05) is 12.5 Å². The first-order valence-corrected chi connectivity index (χ1v) is 6.97. The van der Waals surface area contributed by atoms with Crippen molar-refractivity contribution < 1.29 is 19.2 Å². The fourth-order valence-electron chi connectivity index (χ4n) is 2.08. The van der Waals surface area contributed by atoms with Gasteiger partial charge in [-0.2, -0.15) is 4.98 Å². The van der Waals surface area contributed by atoms with E-state index >= 15 is 0 Å². The van der Waals surface area contributed by atoms with Gasteiger partial charge in [0.25, 0.3) is 0 Å². The van der Waals surface area contributed by atoms with Crippen LogP contribution >= 0.6 is 0 Å². The molecule has 116 valence electrons. The third-order valence-electron chi connectivity index (χ3n) is 3.22. The molecule has 6 heteroatoms. The van der Waals surface area contributed by atoms with Gasteiger partial charge in [-0.05, 0) is 35.9 Å². The van der Waals surface area contributed by atoms with E-state index in [2.05, 4.69) is 10.1 Å². The molecule has 6 nitrogen and oxygen atoms in total. The maximum Gasteiger partial charge on any atom is 0.335 e. The van der Waals surface area contributed by atoms with Crippen LogP contribution in [0, 0.1) is 6.92 Å². The zero-order valence-electron chi connectivity index (χ0n) is 12.4. The molecule has 0 spiro atoms. The van der Waals surface area contributed by atoms with Crippen LogP contribution in [0.3, 0.4) is 0 Å². The summed E-state index contributed by atoms with van der Waals surface area (Å²) in [6.45, 7) is 2.10. The van der Waals surface area contributed by atoms with E-state index < -0.39 is 5.97 Å². The average molecular weight is 310 g/mol. The molecule has 23 heavy (non-hydrogen) atoms. The number of hydrogen-bond donors (Lipinski definition) is 1. The van der Waals surface area contributed by atoms with Crippen LogP contribution in [-0.2, 0) is 6.61 Å². The second kappa shape index (κ2) is 6.31. The highest BCUT2D eigenvalue weighted by molar-refractivity contribution is 5.87. The average Bonchev–Trinajstić information content (AvgIpc) is 3.00. The van der Waals surface area contributed by atoms with Gasteiger partial charge in [-0.25, -0.2) is 4.79 Å². The highest BCUT2D eigenvalue weighted by Gasteiger charge is 2.07. The molecule has 0 fully saturated rings. The number of ether oxygens (including phenoxy) is 1. The fourth-order valence-corrected chi connectivity index (χ4v) is 2.08. The molecule has 0 amide bonds. The highest BCUT2D eigenvalue weighted by Crippen LogP contribution is 2.19. The van der Waals surface area contributed by atoms with Crippen LogP contribution < -0.4 is 4.74 Å².